The fourth-order valence-corrected chi connectivity index (χ4v) is 6.15. The van der Waals surface area contributed by atoms with Gasteiger partial charge >= 0.3 is 0 Å². The predicted molar refractivity (Wildman–Crippen MR) is 147 cm³/mol. The number of pyridine rings is 1. The van der Waals surface area contributed by atoms with Crippen LogP contribution < -0.4 is 20.3 Å². The van der Waals surface area contributed by atoms with Crippen molar-refractivity contribution in [1.29, 1.82) is 0 Å². The molecular weight excluding hydrogens is 514 g/mol. The Bertz CT molecular complexity index is 1190. The van der Waals surface area contributed by atoms with E-state index >= 15 is 0 Å². The van der Waals surface area contributed by atoms with Crippen molar-refractivity contribution in [2.75, 3.05) is 33.6 Å². The molecule has 1 saturated heterocycles. The van der Waals surface area contributed by atoms with Gasteiger partial charge in [-0.15, -0.1) is 11.8 Å². The summed E-state index contributed by atoms with van der Waals surface area (Å²) in [6, 6.07) is 4.09. The number of hydrogen-bond donors (Lipinski definition) is 2. The van der Waals surface area contributed by atoms with Crippen LogP contribution >= 0.6 is 23.4 Å². The zero-order valence-electron chi connectivity index (χ0n) is 22.1. The first-order chi connectivity index (χ1) is 17.7. The fraction of sp³-hybridized carbons (Fsp3) is 0.556. The molecule has 2 aromatic rings. The Kier molecular flexibility index (Phi) is 9.11. The highest BCUT2D eigenvalue weighted by Gasteiger charge is 2.35. The standard InChI is InChI=1S/C27H36ClN3O5S/c1-15-10-23(37-5)21(27(33)30-15)12-29-26(32)20-11-22(28)25(24(35-4)16(20)2)36-18-8-6-17(7-9-18)31-13-19(14-31)34-3/h10-11,17-19H,6-9,12-14H2,1-5H3,(H,29,32)(H,30,33). The molecule has 10 heteroatoms. The maximum atomic E-state index is 13.1. The van der Waals surface area contributed by atoms with Gasteiger partial charge in [0.15, 0.2) is 11.5 Å². The summed E-state index contributed by atoms with van der Waals surface area (Å²) < 4.78 is 17.4. The largest absolute Gasteiger partial charge is 0.493 e. The lowest BCUT2D eigenvalue weighted by atomic mass is 9.89. The van der Waals surface area contributed by atoms with E-state index in [-0.39, 0.29) is 24.1 Å². The lowest BCUT2D eigenvalue weighted by molar-refractivity contribution is -0.0624. The molecule has 0 atom stereocenters. The third-order valence-electron chi connectivity index (χ3n) is 7.42. The van der Waals surface area contributed by atoms with Crippen LogP contribution in [-0.2, 0) is 11.3 Å². The number of aromatic nitrogens is 1. The van der Waals surface area contributed by atoms with Gasteiger partial charge in [0.1, 0.15) is 0 Å². The van der Waals surface area contributed by atoms with Crippen molar-refractivity contribution in [3.05, 3.63) is 49.9 Å². The van der Waals surface area contributed by atoms with Crippen molar-refractivity contribution in [2.24, 2.45) is 0 Å². The minimum Gasteiger partial charge on any atom is -0.493 e. The topological polar surface area (TPSA) is 92.9 Å². The minimum absolute atomic E-state index is 0.0412. The van der Waals surface area contributed by atoms with Gasteiger partial charge in [0.2, 0.25) is 0 Å². The number of H-pyrrole nitrogens is 1. The van der Waals surface area contributed by atoms with E-state index in [1.807, 2.05) is 26.2 Å². The maximum absolute atomic E-state index is 13.1. The number of thioether (sulfide) groups is 1. The van der Waals surface area contributed by atoms with E-state index < -0.39 is 0 Å². The van der Waals surface area contributed by atoms with Gasteiger partial charge in [-0.05, 0) is 57.9 Å². The molecule has 1 aromatic heterocycles. The van der Waals surface area contributed by atoms with Gasteiger partial charge in [0.05, 0.1) is 24.3 Å². The third kappa shape index (κ3) is 6.11. The van der Waals surface area contributed by atoms with Crippen molar-refractivity contribution in [2.45, 2.75) is 69.2 Å². The van der Waals surface area contributed by atoms with Crippen LogP contribution in [0, 0.1) is 13.8 Å². The van der Waals surface area contributed by atoms with E-state index in [1.165, 1.54) is 11.8 Å². The van der Waals surface area contributed by atoms with Crippen molar-refractivity contribution in [3.8, 4) is 11.5 Å². The van der Waals surface area contributed by atoms with Crippen LogP contribution in [0.2, 0.25) is 5.02 Å². The lowest BCUT2D eigenvalue weighted by Crippen LogP contribution is -2.57. The van der Waals surface area contributed by atoms with E-state index in [4.69, 9.17) is 25.8 Å². The van der Waals surface area contributed by atoms with Crippen LogP contribution in [0.15, 0.2) is 21.8 Å². The summed E-state index contributed by atoms with van der Waals surface area (Å²) in [6.45, 7) is 5.77. The van der Waals surface area contributed by atoms with Gasteiger partial charge in [-0.2, -0.15) is 0 Å². The molecule has 1 aromatic carbocycles. The summed E-state index contributed by atoms with van der Waals surface area (Å²) in [5.74, 6) is 0.605. The number of nitrogens with zero attached hydrogens (tertiary/aromatic N) is 1. The highest BCUT2D eigenvalue weighted by atomic mass is 35.5. The lowest BCUT2D eigenvalue weighted by Gasteiger charge is -2.45. The zero-order valence-corrected chi connectivity index (χ0v) is 23.7. The number of benzene rings is 1. The number of methoxy groups -OCH3 is 2. The van der Waals surface area contributed by atoms with Gasteiger partial charge in [0.25, 0.3) is 11.5 Å². The van der Waals surface area contributed by atoms with Gasteiger partial charge in [0, 0.05) is 60.1 Å². The van der Waals surface area contributed by atoms with Crippen molar-refractivity contribution < 1.29 is 19.0 Å². The fourth-order valence-electron chi connectivity index (χ4n) is 5.20. The van der Waals surface area contributed by atoms with E-state index in [9.17, 15) is 9.59 Å². The number of rotatable bonds is 9. The van der Waals surface area contributed by atoms with Crippen LogP contribution in [0.5, 0.6) is 11.5 Å². The van der Waals surface area contributed by atoms with Crippen LogP contribution in [0.4, 0.5) is 0 Å². The van der Waals surface area contributed by atoms with Crippen LogP contribution in [0.25, 0.3) is 0 Å². The summed E-state index contributed by atoms with van der Waals surface area (Å²) in [7, 11) is 3.32. The van der Waals surface area contributed by atoms with Gasteiger partial charge in [-0.1, -0.05) is 11.6 Å². The zero-order chi connectivity index (χ0) is 26.7. The Labute approximate surface area is 227 Å². The number of amides is 1. The molecule has 0 radical (unpaired) electrons. The van der Waals surface area contributed by atoms with Crippen molar-refractivity contribution in [1.82, 2.24) is 15.2 Å². The number of aromatic amines is 1. The Hall–Kier alpha value is -2.20. The molecule has 1 aliphatic carbocycles. The summed E-state index contributed by atoms with van der Waals surface area (Å²) in [4.78, 5) is 31.7. The number of likely N-dealkylation sites (tertiary alicyclic amines) is 1. The molecule has 1 saturated carbocycles. The molecule has 1 amide bonds. The first-order valence-corrected chi connectivity index (χ1v) is 14.2. The Balaban J connectivity index is 1.43. The highest BCUT2D eigenvalue weighted by molar-refractivity contribution is 7.98. The first-order valence-electron chi connectivity index (χ1n) is 12.6. The van der Waals surface area contributed by atoms with Crippen molar-refractivity contribution >= 4 is 29.3 Å². The molecule has 0 bridgehead atoms. The second-order valence-electron chi connectivity index (χ2n) is 9.76. The molecule has 2 heterocycles. The number of nitrogens with one attached hydrogen (secondary N) is 2. The summed E-state index contributed by atoms with van der Waals surface area (Å²) in [5.41, 5.74) is 2.12. The molecule has 0 spiro atoms. The van der Waals surface area contributed by atoms with E-state index in [0.29, 0.717) is 45.4 Å². The summed E-state index contributed by atoms with van der Waals surface area (Å²) >= 11 is 8.10. The molecule has 0 unspecified atom stereocenters. The minimum atomic E-state index is -0.333. The SMILES string of the molecule is COc1c(C)c(C(=O)NCc2c(SC)cc(C)[nH]c2=O)cc(Cl)c1OC1CCC(N2CC(OC)C2)CC1. The highest BCUT2D eigenvalue weighted by Crippen LogP contribution is 2.42. The monoisotopic (exact) mass is 549 g/mol. The van der Waals surface area contributed by atoms with Gasteiger partial charge in [-0.25, -0.2) is 0 Å². The first kappa shape index (κ1) is 27.8. The molecule has 202 valence electrons. The molecule has 2 fully saturated rings. The van der Waals surface area contributed by atoms with E-state index in [0.717, 1.165) is 49.4 Å². The molecule has 1 aliphatic heterocycles. The predicted octanol–water partition coefficient (Wildman–Crippen LogP) is 4.33. The number of ether oxygens (including phenoxy) is 3. The number of carbonyl (C=O) groups excluding carboxylic acids is 1. The number of carbonyl (C=O) groups is 1. The summed E-state index contributed by atoms with van der Waals surface area (Å²) in [5, 5.41) is 3.20. The smallest absolute Gasteiger partial charge is 0.254 e. The van der Waals surface area contributed by atoms with E-state index in [1.54, 1.807) is 20.3 Å². The normalized spacial score (nSPS) is 20.4. The quantitative estimate of drug-likeness (QED) is 0.450. The number of halogens is 1. The van der Waals surface area contributed by atoms with Gasteiger partial charge in [-0.3, -0.25) is 14.5 Å². The Morgan fingerprint density at radius 2 is 1.84 bits per heavy atom. The Morgan fingerprint density at radius 1 is 1.14 bits per heavy atom. The molecule has 2 N–H and O–H groups in total. The molecular formula is C27H36ClN3O5S. The average molecular weight is 550 g/mol. The van der Waals surface area contributed by atoms with Gasteiger partial charge < -0.3 is 24.5 Å². The molecule has 8 nitrogen and oxygen atoms in total. The van der Waals surface area contributed by atoms with Crippen LogP contribution in [0.3, 0.4) is 0 Å². The second kappa shape index (κ2) is 12.1. The molecule has 4 rings (SSSR count). The average Bonchev–Trinajstić information content (AvgIpc) is 2.85. The third-order valence-corrected chi connectivity index (χ3v) is 8.50. The van der Waals surface area contributed by atoms with Crippen LogP contribution in [-0.4, -0.2) is 67.6 Å². The van der Waals surface area contributed by atoms with Crippen molar-refractivity contribution in [3.63, 3.8) is 0 Å². The van der Waals surface area contributed by atoms with E-state index in [2.05, 4.69) is 15.2 Å². The Morgan fingerprint density at radius 3 is 2.46 bits per heavy atom. The summed E-state index contributed by atoms with van der Waals surface area (Å²) in [6.07, 6.45) is 6.31. The second-order valence-corrected chi connectivity index (χ2v) is 11.0. The number of aryl methyl sites for hydroxylation is 1. The number of hydrogen-bond acceptors (Lipinski definition) is 7. The van der Waals surface area contributed by atoms with Crippen LogP contribution in [0.1, 0.15) is 52.9 Å². The molecule has 2 aliphatic rings. The molecule has 37 heavy (non-hydrogen) atoms. The maximum Gasteiger partial charge on any atom is 0.254 e.